The Bertz CT molecular complexity index is 236. The lowest BCUT2D eigenvalue weighted by atomic mass is 9.91. The van der Waals surface area contributed by atoms with E-state index in [1.165, 1.54) is 0 Å². The number of rotatable bonds is 5. The SMILES string of the molecule is COC(C)CCC(=O)N1CCC(C(C)N)CC1. The largest absolute Gasteiger partial charge is 0.382 e. The van der Waals surface area contributed by atoms with Crippen molar-refractivity contribution in [2.24, 2.45) is 11.7 Å². The molecule has 1 amide bonds. The molecule has 0 aromatic rings. The number of carbonyl (C=O) groups excluding carboxylic acids is 1. The molecule has 2 unspecified atom stereocenters. The Morgan fingerprint density at radius 1 is 1.41 bits per heavy atom. The van der Waals surface area contributed by atoms with E-state index in [0.29, 0.717) is 12.3 Å². The number of carbonyl (C=O) groups is 1. The van der Waals surface area contributed by atoms with Crippen molar-refractivity contribution < 1.29 is 9.53 Å². The van der Waals surface area contributed by atoms with Crippen molar-refractivity contribution in [2.45, 2.75) is 51.7 Å². The average Bonchev–Trinajstić information content (AvgIpc) is 2.35. The van der Waals surface area contributed by atoms with E-state index in [1.807, 2.05) is 11.8 Å². The highest BCUT2D eigenvalue weighted by Gasteiger charge is 2.24. The highest BCUT2D eigenvalue weighted by atomic mass is 16.5. The first kappa shape index (κ1) is 14.5. The molecular formula is C13H26N2O2. The van der Waals surface area contributed by atoms with Gasteiger partial charge in [-0.3, -0.25) is 4.79 Å². The van der Waals surface area contributed by atoms with Crippen molar-refractivity contribution in [1.82, 2.24) is 4.90 Å². The van der Waals surface area contributed by atoms with Crippen molar-refractivity contribution in [1.29, 1.82) is 0 Å². The van der Waals surface area contributed by atoms with Crippen LogP contribution in [0.2, 0.25) is 0 Å². The van der Waals surface area contributed by atoms with Gasteiger partial charge in [-0.2, -0.15) is 0 Å². The van der Waals surface area contributed by atoms with E-state index in [2.05, 4.69) is 6.92 Å². The topological polar surface area (TPSA) is 55.6 Å². The summed E-state index contributed by atoms with van der Waals surface area (Å²) in [5.74, 6) is 0.842. The summed E-state index contributed by atoms with van der Waals surface area (Å²) in [7, 11) is 1.68. The predicted molar refractivity (Wildman–Crippen MR) is 68.7 cm³/mol. The Hall–Kier alpha value is -0.610. The highest BCUT2D eigenvalue weighted by molar-refractivity contribution is 5.76. The third-order valence-corrected chi connectivity index (χ3v) is 3.80. The summed E-state index contributed by atoms with van der Waals surface area (Å²) in [5.41, 5.74) is 5.89. The van der Waals surface area contributed by atoms with Crippen LogP contribution in [0.25, 0.3) is 0 Å². The van der Waals surface area contributed by atoms with Crippen LogP contribution in [-0.4, -0.2) is 43.2 Å². The highest BCUT2D eigenvalue weighted by Crippen LogP contribution is 2.20. The van der Waals surface area contributed by atoms with Gasteiger partial charge in [0.15, 0.2) is 0 Å². The van der Waals surface area contributed by atoms with Crippen LogP contribution >= 0.6 is 0 Å². The number of nitrogens with zero attached hydrogens (tertiary/aromatic N) is 1. The predicted octanol–water partition coefficient (Wildman–Crippen LogP) is 1.39. The zero-order valence-electron chi connectivity index (χ0n) is 11.3. The molecule has 0 radical (unpaired) electrons. The molecule has 1 saturated heterocycles. The number of methoxy groups -OCH3 is 1. The second kappa shape index (κ2) is 6.97. The molecule has 0 aromatic heterocycles. The summed E-state index contributed by atoms with van der Waals surface area (Å²) in [5, 5.41) is 0. The van der Waals surface area contributed by atoms with E-state index in [9.17, 15) is 4.79 Å². The molecule has 0 bridgehead atoms. The molecular weight excluding hydrogens is 216 g/mol. The maximum absolute atomic E-state index is 11.9. The minimum absolute atomic E-state index is 0.167. The van der Waals surface area contributed by atoms with Crippen LogP contribution in [0.1, 0.15) is 39.5 Å². The van der Waals surface area contributed by atoms with Crippen molar-refractivity contribution in [3.63, 3.8) is 0 Å². The van der Waals surface area contributed by atoms with Crippen LogP contribution in [0.15, 0.2) is 0 Å². The first-order valence-electron chi connectivity index (χ1n) is 6.60. The second-order valence-electron chi connectivity index (χ2n) is 5.16. The lowest BCUT2D eigenvalue weighted by molar-refractivity contribution is -0.133. The minimum atomic E-state index is 0.167. The number of likely N-dealkylation sites (tertiary alicyclic amines) is 1. The average molecular weight is 242 g/mol. The Balaban J connectivity index is 2.26. The molecule has 0 aliphatic carbocycles. The van der Waals surface area contributed by atoms with Crippen LogP contribution in [0.4, 0.5) is 0 Å². The smallest absolute Gasteiger partial charge is 0.222 e. The Morgan fingerprint density at radius 3 is 2.47 bits per heavy atom. The molecule has 17 heavy (non-hydrogen) atoms. The monoisotopic (exact) mass is 242 g/mol. The normalized spacial score (nSPS) is 21.3. The van der Waals surface area contributed by atoms with Gasteiger partial charge in [0.25, 0.3) is 0 Å². The molecule has 1 aliphatic rings. The number of hydrogen-bond acceptors (Lipinski definition) is 3. The standard InChI is InChI=1S/C13H26N2O2/c1-10(17-3)4-5-13(16)15-8-6-12(7-9-15)11(2)14/h10-12H,4-9,14H2,1-3H3. The van der Waals surface area contributed by atoms with Gasteiger partial charge >= 0.3 is 0 Å². The number of hydrogen-bond donors (Lipinski definition) is 1. The van der Waals surface area contributed by atoms with Gasteiger partial charge in [-0.05, 0) is 39.0 Å². The maximum atomic E-state index is 11.9. The van der Waals surface area contributed by atoms with Crippen LogP contribution in [-0.2, 0) is 9.53 Å². The van der Waals surface area contributed by atoms with Gasteiger partial charge in [-0.25, -0.2) is 0 Å². The Morgan fingerprint density at radius 2 is 2.00 bits per heavy atom. The van der Waals surface area contributed by atoms with E-state index in [4.69, 9.17) is 10.5 Å². The van der Waals surface area contributed by atoms with Crippen LogP contribution < -0.4 is 5.73 Å². The molecule has 0 spiro atoms. The van der Waals surface area contributed by atoms with Crippen LogP contribution in [0.5, 0.6) is 0 Å². The number of nitrogens with two attached hydrogens (primary N) is 1. The summed E-state index contributed by atoms with van der Waals surface area (Å²) < 4.78 is 5.15. The lowest BCUT2D eigenvalue weighted by Crippen LogP contribution is -2.42. The third-order valence-electron chi connectivity index (χ3n) is 3.80. The molecule has 1 fully saturated rings. The molecule has 4 heteroatoms. The van der Waals surface area contributed by atoms with Gasteiger partial charge in [0.05, 0.1) is 6.10 Å². The summed E-state index contributed by atoms with van der Waals surface area (Å²) >= 11 is 0. The summed E-state index contributed by atoms with van der Waals surface area (Å²) in [6, 6.07) is 0.251. The molecule has 0 aromatic carbocycles. The summed E-state index contributed by atoms with van der Waals surface area (Å²) in [6.45, 7) is 5.79. The van der Waals surface area contributed by atoms with E-state index < -0.39 is 0 Å². The van der Waals surface area contributed by atoms with E-state index in [-0.39, 0.29) is 18.1 Å². The first-order valence-corrected chi connectivity index (χ1v) is 6.60. The molecule has 1 rings (SSSR count). The molecule has 2 atom stereocenters. The quantitative estimate of drug-likeness (QED) is 0.792. The van der Waals surface area contributed by atoms with Gasteiger partial charge in [0.2, 0.25) is 5.91 Å². The maximum Gasteiger partial charge on any atom is 0.222 e. The van der Waals surface area contributed by atoms with Gasteiger partial charge in [0, 0.05) is 32.7 Å². The Kier molecular flexibility index (Phi) is 5.92. The molecule has 100 valence electrons. The van der Waals surface area contributed by atoms with Crippen molar-refractivity contribution in [2.75, 3.05) is 20.2 Å². The van der Waals surface area contributed by atoms with Gasteiger partial charge in [-0.15, -0.1) is 0 Å². The fourth-order valence-electron chi connectivity index (χ4n) is 2.28. The van der Waals surface area contributed by atoms with E-state index in [1.54, 1.807) is 7.11 Å². The first-order chi connectivity index (χ1) is 8.04. The van der Waals surface area contributed by atoms with Crippen LogP contribution in [0, 0.1) is 5.92 Å². The summed E-state index contributed by atoms with van der Waals surface area (Å²) in [6.07, 6.45) is 3.66. The molecule has 0 saturated carbocycles. The minimum Gasteiger partial charge on any atom is -0.382 e. The fourth-order valence-corrected chi connectivity index (χ4v) is 2.28. The molecule has 4 nitrogen and oxygen atoms in total. The molecule has 2 N–H and O–H groups in total. The third kappa shape index (κ3) is 4.64. The Labute approximate surface area is 104 Å². The lowest BCUT2D eigenvalue weighted by Gasteiger charge is -2.34. The van der Waals surface area contributed by atoms with Gasteiger partial charge in [-0.1, -0.05) is 0 Å². The second-order valence-corrected chi connectivity index (χ2v) is 5.16. The molecule has 1 aliphatic heterocycles. The van der Waals surface area contributed by atoms with Gasteiger partial charge < -0.3 is 15.4 Å². The number of piperidine rings is 1. The van der Waals surface area contributed by atoms with E-state index >= 15 is 0 Å². The zero-order valence-corrected chi connectivity index (χ0v) is 11.3. The van der Waals surface area contributed by atoms with Crippen LogP contribution in [0.3, 0.4) is 0 Å². The summed E-state index contributed by atoms with van der Waals surface area (Å²) in [4.78, 5) is 13.9. The van der Waals surface area contributed by atoms with Crippen molar-refractivity contribution in [3.05, 3.63) is 0 Å². The number of amides is 1. The number of ether oxygens (including phenoxy) is 1. The van der Waals surface area contributed by atoms with E-state index in [0.717, 1.165) is 32.4 Å². The zero-order chi connectivity index (χ0) is 12.8. The van der Waals surface area contributed by atoms with Crippen molar-refractivity contribution >= 4 is 5.91 Å². The van der Waals surface area contributed by atoms with Gasteiger partial charge in [0.1, 0.15) is 0 Å². The fraction of sp³-hybridized carbons (Fsp3) is 0.923. The molecule has 1 heterocycles. The van der Waals surface area contributed by atoms with Crippen molar-refractivity contribution in [3.8, 4) is 0 Å².